The molecule has 0 fully saturated rings. The van der Waals surface area contributed by atoms with Crippen molar-refractivity contribution < 1.29 is 13.6 Å². The van der Waals surface area contributed by atoms with Crippen molar-refractivity contribution in [3.63, 3.8) is 0 Å². The molecular weight excluding hydrogens is 454 g/mol. The monoisotopic (exact) mass is 471 g/mol. The molecule has 1 aromatic carbocycles. The van der Waals surface area contributed by atoms with Crippen molar-refractivity contribution in [1.29, 1.82) is 5.26 Å². The van der Waals surface area contributed by atoms with E-state index in [1.54, 1.807) is 49.7 Å². The van der Waals surface area contributed by atoms with Gasteiger partial charge in [0, 0.05) is 29.0 Å². The molecule has 34 heavy (non-hydrogen) atoms. The van der Waals surface area contributed by atoms with Gasteiger partial charge in [-0.25, -0.2) is 4.98 Å². The number of aryl methyl sites for hydroxylation is 1. The molecule has 0 amide bonds. The lowest BCUT2D eigenvalue weighted by Gasteiger charge is -2.18. The van der Waals surface area contributed by atoms with E-state index in [2.05, 4.69) is 9.97 Å². The molecule has 0 radical (unpaired) electrons. The van der Waals surface area contributed by atoms with Crippen molar-refractivity contribution in [1.82, 2.24) is 9.97 Å². The number of hydrogen-bond acceptors (Lipinski definition) is 7. The number of hydrogen-bond donors (Lipinski definition) is 0. The topological polar surface area (TPSA) is 102 Å². The van der Waals surface area contributed by atoms with Gasteiger partial charge in [0.25, 0.3) is 0 Å². The Kier molecular flexibility index (Phi) is 5.31. The predicted octanol–water partition coefficient (Wildman–Crippen LogP) is 6.28. The molecule has 0 saturated heterocycles. The Balaban J connectivity index is 1.68. The molecule has 8 heteroatoms. The van der Waals surface area contributed by atoms with Crippen LogP contribution >= 0.6 is 11.6 Å². The molecule has 5 aromatic rings. The number of furan rings is 1. The predicted molar refractivity (Wildman–Crippen MR) is 128 cm³/mol. The van der Waals surface area contributed by atoms with E-state index in [-0.39, 0.29) is 22.0 Å². The van der Waals surface area contributed by atoms with Gasteiger partial charge in [-0.1, -0.05) is 11.6 Å². The van der Waals surface area contributed by atoms with Crippen LogP contribution < -0.4 is 10.2 Å². The highest BCUT2D eigenvalue weighted by Gasteiger charge is 2.21. The smallest absolute Gasteiger partial charge is 0.196 e. The summed E-state index contributed by atoms with van der Waals surface area (Å²) in [4.78, 5) is 21.7. The molecule has 0 aliphatic heterocycles. The summed E-state index contributed by atoms with van der Waals surface area (Å²) in [6.45, 7) is 5.45. The molecule has 0 aliphatic rings. The van der Waals surface area contributed by atoms with E-state index < -0.39 is 6.10 Å². The summed E-state index contributed by atoms with van der Waals surface area (Å²) >= 11 is 5.91. The van der Waals surface area contributed by atoms with Crippen LogP contribution in [0, 0.1) is 25.2 Å². The highest BCUT2D eigenvalue weighted by molar-refractivity contribution is 6.29. The lowest BCUT2D eigenvalue weighted by atomic mass is 10.00. The molecule has 0 unspecified atom stereocenters. The van der Waals surface area contributed by atoms with Crippen LogP contribution in [0.4, 0.5) is 0 Å². The van der Waals surface area contributed by atoms with Crippen molar-refractivity contribution in [2.75, 3.05) is 0 Å². The van der Waals surface area contributed by atoms with Crippen molar-refractivity contribution in [2.24, 2.45) is 0 Å². The lowest BCUT2D eigenvalue weighted by Crippen LogP contribution is -2.12. The normalized spacial score (nSPS) is 12.1. The third-order valence-corrected chi connectivity index (χ3v) is 5.84. The van der Waals surface area contributed by atoms with Crippen LogP contribution in [-0.2, 0) is 0 Å². The maximum atomic E-state index is 13.3. The second-order valence-corrected chi connectivity index (χ2v) is 8.38. The molecule has 0 bridgehead atoms. The number of halogens is 1. The van der Waals surface area contributed by atoms with Gasteiger partial charge in [0.2, 0.25) is 0 Å². The first kappa shape index (κ1) is 21.7. The molecule has 4 aromatic heterocycles. The maximum absolute atomic E-state index is 13.3. The van der Waals surface area contributed by atoms with Crippen LogP contribution in [0.2, 0.25) is 5.15 Å². The Morgan fingerprint density at radius 2 is 2.00 bits per heavy atom. The molecule has 1 atom stereocenters. The minimum atomic E-state index is -0.554. The first-order valence-electron chi connectivity index (χ1n) is 10.5. The maximum Gasteiger partial charge on any atom is 0.196 e. The lowest BCUT2D eigenvalue weighted by molar-refractivity contribution is 0.225. The fraction of sp³-hybridized carbons (Fsp3) is 0.154. The zero-order valence-electron chi connectivity index (χ0n) is 18.5. The molecule has 4 heterocycles. The number of nitriles is 1. The van der Waals surface area contributed by atoms with Gasteiger partial charge < -0.3 is 13.6 Å². The van der Waals surface area contributed by atoms with Crippen molar-refractivity contribution in [3.05, 3.63) is 86.6 Å². The summed E-state index contributed by atoms with van der Waals surface area (Å²) in [5, 5.41) is 10.1. The third kappa shape index (κ3) is 3.68. The van der Waals surface area contributed by atoms with Crippen molar-refractivity contribution >= 4 is 33.7 Å². The standard InChI is InChI=1S/C26H18ClN3O4/c1-13-8-17(15(3)33-21-4-5-23(27)30-20(21)11-28)26-18(9-13)24(31)14(2)25(34-26)16-10-22-19(29-12-16)6-7-32-22/h4-10,12,15H,1-3H3/t15-/m1/s1. The number of ether oxygens (including phenoxy) is 1. The first-order chi connectivity index (χ1) is 16.4. The Morgan fingerprint density at radius 3 is 2.79 bits per heavy atom. The average Bonchev–Trinajstić information content (AvgIpc) is 3.30. The highest BCUT2D eigenvalue weighted by Crippen LogP contribution is 2.34. The number of benzene rings is 1. The van der Waals surface area contributed by atoms with Crippen LogP contribution in [0.15, 0.2) is 62.5 Å². The van der Waals surface area contributed by atoms with Crippen molar-refractivity contribution in [2.45, 2.75) is 26.9 Å². The summed E-state index contributed by atoms with van der Waals surface area (Å²) in [5.41, 5.74) is 4.30. The SMILES string of the molecule is Cc1cc([C@@H](C)Oc2ccc(Cl)nc2C#N)c2oc(-c3cnc4ccoc4c3)c(C)c(=O)c2c1. The molecule has 0 N–H and O–H groups in total. The van der Waals surface area contributed by atoms with Crippen LogP contribution in [0.3, 0.4) is 0 Å². The molecule has 7 nitrogen and oxygen atoms in total. The largest absolute Gasteiger partial charge is 0.483 e. The number of rotatable bonds is 4. The average molecular weight is 472 g/mol. The Morgan fingerprint density at radius 1 is 1.18 bits per heavy atom. The van der Waals surface area contributed by atoms with E-state index in [0.29, 0.717) is 44.5 Å². The minimum absolute atomic E-state index is 0.0760. The highest BCUT2D eigenvalue weighted by atomic mass is 35.5. The van der Waals surface area contributed by atoms with Gasteiger partial charge in [-0.2, -0.15) is 5.26 Å². The van der Waals surface area contributed by atoms with Crippen molar-refractivity contribution in [3.8, 4) is 23.1 Å². The van der Waals surface area contributed by atoms with E-state index >= 15 is 0 Å². The Labute approximate surface area is 199 Å². The van der Waals surface area contributed by atoms with Crippen LogP contribution in [0.25, 0.3) is 33.4 Å². The number of fused-ring (bicyclic) bond motifs is 2. The molecule has 0 saturated carbocycles. The second kappa shape index (κ2) is 8.32. The number of aromatic nitrogens is 2. The second-order valence-electron chi connectivity index (χ2n) is 8.00. The van der Waals surface area contributed by atoms with Gasteiger partial charge in [0.05, 0.1) is 11.6 Å². The van der Waals surface area contributed by atoms with Gasteiger partial charge in [-0.05, 0) is 56.7 Å². The van der Waals surface area contributed by atoms with E-state index in [1.807, 2.05) is 26.0 Å². The van der Waals surface area contributed by atoms with Gasteiger partial charge >= 0.3 is 0 Å². The summed E-state index contributed by atoms with van der Waals surface area (Å²) < 4.78 is 17.9. The molecule has 168 valence electrons. The Bertz CT molecular complexity index is 1680. The molecular formula is C26H18ClN3O4. The van der Waals surface area contributed by atoms with E-state index in [0.717, 1.165) is 5.56 Å². The molecule has 0 aliphatic carbocycles. The molecule has 5 rings (SSSR count). The van der Waals surface area contributed by atoms with Gasteiger partial charge in [0.15, 0.2) is 22.5 Å². The summed E-state index contributed by atoms with van der Waals surface area (Å²) in [6.07, 6.45) is 2.66. The van der Waals surface area contributed by atoms with Crippen LogP contribution in [0.5, 0.6) is 5.75 Å². The third-order valence-electron chi connectivity index (χ3n) is 5.63. The fourth-order valence-corrected chi connectivity index (χ4v) is 4.11. The quantitative estimate of drug-likeness (QED) is 0.284. The van der Waals surface area contributed by atoms with Crippen LogP contribution in [0.1, 0.15) is 35.4 Å². The van der Waals surface area contributed by atoms with Gasteiger partial charge in [-0.15, -0.1) is 0 Å². The van der Waals surface area contributed by atoms with Crippen LogP contribution in [-0.4, -0.2) is 9.97 Å². The number of nitrogens with zero attached hydrogens (tertiary/aromatic N) is 3. The summed E-state index contributed by atoms with van der Waals surface area (Å²) in [6, 6.07) is 12.4. The van der Waals surface area contributed by atoms with E-state index in [4.69, 9.17) is 25.2 Å². The molecule has 0 spiro atoms. The van der Waals surface area contributed by atoms with E-state index in [9.17, 15) is 10.1 Å². The Hall–Kier alpha value is -4.15. The summed E-state index contributed by atoms with van der Waals surface area (Å²) in [7, 11) is 0. The fourth-order valence-electron chi connectivity index (χ4n) is 3.97. The first-order valence-corrected chi connectivity index (χ1v) is 10.9. The summed E-state index contributed by atoms with van der Waals surface area (Å²) in [5.74, 6) is 0.697. The van der Waals surface area contributed by atoms with E-state index in [1.165, 1.54) is 0 Å². The van der Waals surface area contributed by atoms with Gasteiger partial charge in [-0.3, -0.25) is 9.78 Å². The number of pyridine rings is 2. The zero-order valence-corrected chi connectivity index (χ0v) is 19.3. The minimum Gasteiger partial charge on any atom is -0.483 e. The van der Waals surface area contributed by atoms with Gasteiger partial charge in [0.1, 0.15) is 34.2 Å². The zero-order chi connectivity index (χ0) is 24.0.